The summed E-state index contributed by atoms with van der Waals surface area (Å²) < 4.78 is 7.34. The lowest BCUT2D eigenvalue weighted by Gasteiger charge is -2.20. The minimum absolute atomic E-state index is 0.0986. The Kier molecular flexibility index (Phi) is 5.91. The minimum Gasteiger partial charge on any atom is -0.457 e. The molecule has 1 aliphatic rings. The van der Waals surface area contributed by atoms with Gasteiger partial charge in [0.1, 0.15) is 0 Å². The van der Waals surface area contributed by atoms with Gasteiger partial charge in [0.05, 0.1) is 5.92 Å². The number of carbonyl (C=O) groups excluding carboxylic acids is 3. The first-order valence-electron chi connectivity index (χ1n) is 9.97. The first kappa shape index (κ1) is 20.8. The van der Waals surface area contributed by atoms with Gasteiger partial charge < -0.3 is 14.2 Å². The number of esters is 1. The molecule has 0 radical (unpaired) electrons. The van der Waals surface area contributed by atoms with Gasteiger partial charge in [0.2, 0.25) is 11.7 Å². The van der Waals surface area contributed by atoms with Gasteiger partial charge in [-0.05, 0) is 57.9 Å². The van der Waals surface area contributed by atoms with Crippen LogP contribution in [-0.4, -0.2) is 35.4 Å². The standard InChI is InChI=1S/C23H28N2O4/c1-6-24-15(3)10-19(17(24)5)21(26)13-29-23(28)18-11-22(27)25(12-18)20-9-7-8-14(2)16(20)4/h7-10,18H,6,11-13H2,1-5H3/t18-/m1/s1. The average molecular weight is 396 g/mol. The predicted molar refractivity (Wildman–Crippen MR) is 111 cm³/mol. The fourth-order valence-electron chi connectivity index (χ4n) is 4.03. The number of aromatic nitrogens is 1. The minimum atomic E-state index is -0.557. The third kappa shape index (κ3) is 3.97. The highest BCUT2D eigenvalue weighted by Crippen LogP contribution is 2.30. The van der Waals surface area contributed by atoms with Gasteiger partial charge in [0.15, 0.2) is 6.61 Å². The van der Waals surface area contributed by atoms with Gasteiger partial charge in [-0.2, -0.15) is 0 Å². The van der Waals surface area contributed by atoms with Crippen molar-refractivity contribution in [2.45, 2.75) is 47.6 Å². The molecule has 0 aliphatic carbocycles. The molecule has 1 aromatic carbocycles. The fourth-order valence-corrected chi connectivity index (χ4v) is 4.03. The Balaban J connectivity index is 1.64. The van der Waals surface area contributed by atoms with Gasteiger partial charge in [-0.3, -0.25) is 14.4 Å². The molecule has 1 fully saturated rings. The van der Waals surface area contributed by atoms with Crippen molar-refractivity contribution < 1.29 is 19.1 Å². The molecule has 3 rings (SSSR count). The summed E-state index contributed by atoms with van der Waals surface area (Å²) in [5.41, 5.74) is 5.41. The zero-order chi connectivity index (χ0) is 21.3. The molecule has 0 saturated carbocycles. The summed E-state index contributed by atoms with van der Waals surface area (Å²) in [6.45, 7) is 10.6. The van der Waals surface area contributed by atoms with E-state index in [-0.39, 0.29) is 31.3 Å². The number of aryl methyl sites for hydroxylation is 2. The number of ether oxygens (including phenoxy) is 1. The third-order valence-electron chi connectivity index (χ3n) is 5.86. The zero-order valence-corrected chi connectivity index (χ0v) is 17.7. The second kappa shape index (κ2) is 8.23. The summed E-state index contributed by atoms with van der Waals surface area (Å²) in [4.78, 5) is 39.2. The number of carbonyl (C=O) groups is 3. The molecule has 2 heterocycles. The molecule has 0 bridgehead atoms. The maximum Gasteiger partial charge on any atom is 0.311 e. The maximum atomic E-state index is 12.5. The van der Waals surface area contributed by atoms with E-state index in [1.165, 1.54) is 0 Å². The lowest BCUT2D eigenvalue weighted by Crippen LogP contribution is -2.28. The molecule has 1 aromatic heterocycles. The molecule has 1 atom stereocenters. The Morgan fingerprint density at radius 2 is 1.90 bits per heavy atom. The molecule has 0 unspecified atom stereocenters. The Labute approximate surface area is 171 Å². The Bertz CT molecular complexity index is 973. The molecular weight excluding hydrogens is 368 g/mol. The van der Waals surface area contributed by atoms with Crippen molar-refractivity contribution in [3.63, 3.8) is 0 Å². The molecule has 154 valence electrons. The number of hydrogen-bond acceptors (Lipinski definition) is 4. The van der Waals surface area contributed by atoms with Crippen molar-refractivity contribution in [3.05, 3.63) is 52.3 Å². The average Bonchev–Trinajstić information content (AvgIpc) is 3.21. The van der Waals surface area contributed by atoms with Crippen molar-refractivity contribution in [2.24, 2.45) is 5.92 Å². The van der Waals surface area contributed by atoms with Crippen LogP contribution in [0.25, 0.3) is 0 Å². The van der Waals surface area contributed by atoms with E-state index in [9.17, 15) is 14.4 Å². The van der Waals surface area contributed by atoms with Crippen molar-refractivity contribution in [2.75, 3.05) is 18.1 Å². The van der Waals surface area contributed by atoms with Crippen LogP contribution in [-0.2, 0) is 20.9 Å². The van der Waals surface area contributed by atoms with E-state index >= 15 is 0 Å². The SMILES string of the molecule is CCn1c(C)cc(C(=O)COC(=O)[C@@H]2CC(=O)N(c3cccc(C)c3C)C2)c1C. The van der Waals surface area contributed by atoms with Crippen LogP contribution in [0, 0.1) is 33.6 Å². The summed E-state index contributed by atoms with van der Waals surface area (Å²) in [6, 6.07) is 7.62. The Hall–Kier alpha value is -2.89. The van der Waals surface area contributed by atoms with Crippen LogP contribution >= 0.6 is 0 Å². The van der Waals surface area contributed by atoms with Gasteiger partial charge in [-0.1, -0.05) is 12.1 Å². The molecule has 0 spiro atoms. The number of benzene rings is 1. The predicted octanol–water partition coefficient (Wildman–Crippen LogP) is 3.52. The van der Waals surface area contributed by atoms with E-state index in [2.05, 4.69) is 0 Å². The van der Waals surface area contributed by atoms with Crippen LogP contribution in [0.1, 0.15) is 46.2 Å². The first-order valence-corrected chi connectivity index (χ1v) is 9.97. The summed E-state index contributed by atoms with van der Waals surface area (Å²) in [6.07, 6.45) is 0.102. The molecule has 2 aromatic rings. The summed E-state index contributed by atoms with van der Waals surface area (Å²) in [7, 11) is 0. The quantitative estimate of drug-likeness (QED) is 0.553. The highest BCUT2D eigenvalue weighted by atomic mass is 16.5. The molecule has 6 nitrogen and oxygen atoms in total. The van der Waals surface area contributed by atoms with Crippen molar-refractivity contribution in [1.29, 1.82) is 0 Å². The van der Waals surface area contributed by atoms with Crippen LogP contribution in [0.5, 0.6) is 0 Å². The summed E-state index contributed by atoms with van der Waals surface area (Å²) >= 11 is 0. The lowest BCUT2D eigenvalue weighted by atomic mass is 10.1. The monoisotopic (exact) mass is 396 g/mol. The fraction of sp³-hybridized carbons (Fsp3) is 0.435. The van der Waals surface area contributed by atoms with E-state index < -0.39 is 11.9 Å². The van der Waals surface area contributed by atoms with Gasteiger partial charge in [0.25, 0.3) is 0 Å². The lowest BCUT2D eigenvalue weighted by molar-refractivity contribution is -0.147. The van der Waals surface area contributed by atoms with Crippen molar-refractivity contribution in [1.82, 2.24) is 4.57 Å². The van der Waals surface area contributed by atoms with E-state index in [0.29, 0.717) is 5.56 Å². The number of hydrogen-bond donors (Lipinski definition) is 0. The molecule has 1 amide bonds. The van der Waals surface area contributed by atoms with Crippen LogP contribution in [0.4, 0.5) is 5.69 Å². The van der Waals surface area contributed by atoms with Crippen LogP contribution in [0.15, 0.2) is 24.3 Å². The number of rotatable bonds is 6. The Morgan fingerprint density at radius 1 is 1.17 bits per heavy atom. The van der Waals surface area contributed by atoms with E-state index in [1.54, 1.807) is 4.90 Å². The van der Waals surface area contributed by atoms with Crippen LogP contribution in [0.2, 0.25) is 0 Å². The largest absolute Gasteiger partial charge is 0.457 e. The number of anilines is 1. The summed E-state index contributed by atoms with van der Waals surface area (Å²) in [5, 5.41) is 0. The van der Waals surface area contributed by atoms with Crippen LogP contribution < -0.4 is 4.90 Å². The number of amides is 1. The maximum absolute atomic E-state index is 12.5. The number of Topliss-reactive ketones (excluding diaryl/α,β-unsaturated/α-hetero) is 1. The van der Waals surface area contributed by atoms with Gasteiger partial charge in [-0.25, -0.2) is 0 Å². The second-order valence-electron chi connectivity index (χ2n) is 7.68. The first-order chi connectivity index (χ1) is 13.7. The number of ketones is 1. The van der Waals surface area contributed by atoms with Gasteiger partial charge >= 0.3 is 5.97 Å². The highest BCUT2D eigenvalue weighted by Gasteiger charge is 2.37. The molecule has 1 aliphatic heterocycles. The van der Waals surface area contributed by atoms with Crippen LogP contribution in [0.3, 0.4) is 0 Å². The van der Waals surface area contributed by atoms with Crippen molar-refractivity contribution >= 4 is 23.3 Å². The molecule has 0 N–H and O–H groups in total. The van der Waals surface area contributed by atoms with E-state index in [4.69, 9.17) is 4.74 Å². The van der Waals surface area contributed by atoms with Crippen molar-refractivity contribution in [3.8, 4) is 0 Å². The summed E-state index contributed by atoms with van der Waals surface area (Å²) in [5.74, 6) is -1.37. The number of nitrogens with zero attached hydrogens (tertiary/aromatic N) is 2. The van der Waals surface area contributed by atoms with Gasteiger partial charge in [-0.15, -0.1) is 0 Å². The normalized spacial score (nSPS) is 16.4. The van der Waals surface area contributed by atoms with E-state index in [0.717, 1.165) is 34.7 Å². The Morgan fingerprint density at radius 3 is 2.55 bits per heavy atom. The van der Waals surface area contributed by atoms with E-state index in [1.807, 2.05) is 63.5 Å². The molecule has 29 heavy (non-hydrogen) atoms. The smallest absolute Gasteiger partial charge is 0.311 e. The molecule has 6 heteroatoms. The molecular formula is C23H28N2O4. The van der Waals surface area contributed by atoms with Gasteiger partial charge in [0, 0.05) is 42.1 Å². The molecule has 1 saturated heterocycles. The zero-order valence-electron chi connectivity index (χ0n) is 17.7. The highest BCUT2D eigenvalue weighted by molar-refractivity contribution is 6.01. The second-order valence-corrected chi connectivity index (χ2v) is 7.68. The third-order valence-corrected chi connectivity index (χ3v) is 5.86. The topological polar surface area (TPSA) is 68.6 Å².